The molecule has 5 aliphatic heterocycles. The van der Waals surface area contributed by atoms with Gasteiger partial charge in [0.15, 0.2) is 0 Å². The van der Waals surface area contributed by atoms with Crippen molar-refractivity contribution in [2.45, 2.75) is 76.3 Å². The summed E-state index contributed by atoms with van der Waals surface area (Å²) in [6.45, 7) is 4.83. The van der Waals surface area contributed by atoms with E-state index < -0.39 is 17.1 Å². The van der Waals surface area contributed by atoms with Crippen LogP contribution in [0.5, 0.6) is 0 Å². The van der Waals surface area contributed by atoms with Crippen molar-refractivity contribution < 1.29 is 29.0 Å². The van der Waals surface area contributed by atoms with Crippen LogP contribution in [0.3, 0.4) is 0 Å². The van der Waals surface area contributed by atoms with Gasteiger partial charge >= 0.3 is 11.9 Å². The number of carbonyl (C=O) groups excluding carboxylic acids is 3. The number of benzene rings is 1. The highest BCUT2D eigenvalue weighted by molar-refractivity contribution is 5.94. The van der Waals surface area contributed by atoms with Crippen LogP contribution in [-0.4, -0.2) is 58.6 Å². The Bertz CT molecular complexity index is 1140. The normalized spacial score (nSPS) is 35.3. The molecule has 1 amide bonds. The van der Waals surface area contributed by atoms with Gasteiger partial charge in [-0.2, -0.15) is 0 Å². The van der Waals surface area contributed by atoms with E-state index in [1.54, 1.807) is 12.1 Å². The summed E-state index contributed by atoms with van der Waals surface area (Å²) >= 11 is 0. The molecule has 6 rings (SSSR count). The summed E-state index contributed by atoms with van der Waals surface area (Å²) in [6.07, 6.45) is 4.75. The SMILES string of the molecule is Cc1c([C@@H](O)CN2[C@H]3CC[C@]2(C2=CC(=O)OC2)C[C@@]2(CC(C)NC2=O)C3)ccc2c1COC2=O. The fourth-order valence-corrected chi connectivity index (χ4v) is 7.41. The van der Waals surface area contributed by atoms with Crippen molar-refractivity contribution in [3.8, 4) is 0 Å². The summed E-state index contributed by atoms with van der Waals surface area (Å²) in [6, 6.07) is 3.83. The second-order valence-electron chi connectivity index (χ2n) is 10.8. The number of piperidine rings is 1. The van der Waals surface area contributed by atoms with E-state index in [-0.39, 0.29) is 43.1 Å². The molecule has 1 spiro atoms. The number of fused-ring (bicyclic) bond motifs is 3. The van der Waals surface area contributed by atoms with Crippen molar-refractivity contribution in [1.82, 2.24) is 10.2 Å². The molecule has 0 saturated carbocycles. The third-order valence-electron chi connectivity index (χ3n) is 8.89. The fraction of sp³-hybridized carbons (Fsp3) is 0.577. The van der Waals surface area contributed by atoms with Crippen molar-refractivity contribution >= 4 is 17.8 Å². The van der Waals surface area contributed by atoms with Crippen LogP contribution in [0.1, 0.15) is 72.2 Å². The molecule has 0 radical (unpaired) electrons. The number of β-amino-alcohol motifs (C(OH)–C–C–N with tert-alkyl or cyclic N) is 1. The zero-order chi connectivity index (χ0) is 23.8. The van der Waals surface area contributed by atoms with Gasteiger partial charge in [-0.3, -0.25) is 9.69 Å². The first-order valence-corrected chi connectivity index (χ1v) is 12.2. The predicted molar refractivity (Wildman–Crippen MR) is 121 cm³/mol. The molecule has 2 bridgehead atoms. The topological polar surface area (TPSA) is 105 Å². The van der Waals surface area contributed by atoms with Gasteiger partial charge in [0.25, 0.3) is 0 Å². The van der Waals surface area contributed by atoms with Gasteiger partial charge in [0.2, 0.25) is 5.91 Å². The van der Waals surface area contributed by atoms with Crippen LogP contribution in [0.15, 0.2) is 23.8 Å². The monoisotopic (exact) mass is 466 g/mol. The molecule has 3 fully saturated rings. The number of hydrogen-bond donors (Lipinski definition) is 2. The van der Waals surface area contributed by atoms with Crippen molar-refractivity contribution in [3.63, 3.8) is 0 Å². The maximum absolute atomic E-state index is 13.1. The minimum atomic E-state index is -0.773. The number of amides is 1. The molecule has 8 heteroatoms. The summed E-state index contributed by atoms with van der Waals surface area (Å²) in [5, 5.41) is 14.5. The van der Waals surface area contributed by atoms with Gasteiger partial charge in [-0.15, -0.1) is 0 Å². The van der Waals surface area contributed by atoms with E-state index in [4.69, 9.17) is 9.47 Å². The number of aliphatic hydroxyl groups is 1. The minimum Gasteiger partial charge on any atom is -0.458 e. The molecule has 8 nitrogen and oxygen atoms in total. The third-order valence-corrected chi connectivity index (χ3v) is 8.89. The van der Waals surface area contributed by atoms with E-state index in [2.05, 4.69) is 10.2 Å². The molecule has 1 unspecified atom stereocenters. The van der Waals surface area contributed by atoms with Gasteiger partial charge in [0.1, 0.15) is 13.2 Å². The summed E-state index contributed by atoms with van der Waals surface area (Å²) in [7, 11) is 0. The second-order valence-corrected chi connectivity index (χ2v) is 10.8. The third kappa shape index (κ3) is 3.01. The van der Waals surface area contributed by atoms with Crippen LogP contribution < -0.4 is 5.32 Å². The van der Waals surface area contributed by atoms with E-state index >= 15 is 0 Å². The predicted octanol–water partition coefficient (Wildman–Crippen LogP) is 2.07. The number of nitrogens with one attached hydrogen (secondary N) is 1. The van der Waals surface area contributed by atoms with Crippen molar-refractivity contribution in [2.75, 3.05) is 13.2 Å². The smallest absolute Gasteiger partial charge is 0.338 e. The molecule has 1 aromatic rings. The van der Waals surface area contributed by atoms with E-state index in [1.807, 2.05) is 19.9 Å². The van der Waals surface area contributed by atoms with Gasteiger partial charge in [-0.05, 0) is 68.7 Å². The number of aliphatic hydroxyl groups excluding tert-OH is 1. The molecule has 0 aliphatic carbocycles. The van der Waals surface area contributed by atoms with Gasteiger partial charge in [-0.1, -0.05) is 6.07 Å². The molecule has 3 saturated heterocycles. The van der Waals surface area contributed by atoms with Crippen molar-refractivity contribution in [1.29, 1.82) is 0 Å². The van der Waals surface area contributed by atoms with E-state index in [0.717, 1.165) is 47.9 Å². The first kappa shape index (κ1) is 21.8. The summed E-state index contributed by atoms with van der Waals surface area (Å²) in [4.78, 5) is 39.4. The highest BCUT2D eigenvalue weighted by Crippen LogP contribution is 2.58. The van der Waals surface area contributed by atoms with Crippen LogP contribution in [0.4, 0.5) is 0 Å². The average molecular weight is 467 g/mol. The lowest BCUT2D eigenvalue weighted by Crippen LogP contribution is -2.59. The molecule has 1 aromatic carbocycles. The maximum Gasteiger partial charge on any atom is 0.338 e. The second kappa shape index (κ2) is 7.39. The number of nitrogens with zero attached hydrogens (tertiary/aromatic N) is 1. The highest BCUT2D eigenvalue weighted by Gasteiger charge is 2.63. The average Bonchev–Trinajstić information content (AvgIpc) is 3.50. The number of hydrogen-bond acceptors (Lipinski definition) is 7. The molecule has 5 heterocycles. The van der Waals surface area contributed by atoms with Crippen LogP contribution in [0, 0.1) is 12.3 Å². The number of carbonyl (C=O) groups is 3. The molecular weight excluding hydrogens is 436 g/mol. The Morgan fingerprint density at radius 3 is 2.74 bits per heavy atom. The Hall–Kier alpha value is -2.71. The van der Waals surface area contributed by atoms with E-state index in [9.17, 15) is 19.5 Å². The van der Waals surface area contributed by atoms with Crippen molar-refractivity contribution in [3.05, 3.63) is 46.0 Å². The maximum atomic E-state index is 13.1. The van der Waals surface area contributed by atoms with Crippen LogP contribution >= 0.6 is 0 Å². The lowest BCUT2D eigenvalue weighted by atomic mass is 9.66. The molecule has 34 heavy (non-hydrogen) atoms. The zero-order valence-electron chi connectivity index (χ0n) is 19.6. The first-order chi connectivity index (χ1) is 16.2. The zero-order valence-corrected chi connectivity index (χ0v) is 19.6. The van der Waals surface area contributed by atoms with Gasteiger partial charge in [0, 0.05) is 35.8 Å². The fourth-order valence-electron chi connectivity index (χ4n) is 7.41. The van der Waals surface area contributed by atoms with Crippen LogP contribution in [0.2, 0.25) is 0 Å². The summed E-state index contributed by atoms with van der Waals surface area (Å²) in [5.41, 5.74) is 3.06. The lowest BCUT2D eigenvalue weighted by molar-refractivity contribution is -0.136. The largest absolute Gasteiger partial charge is 0.458 e. The van der Waals surface area contributed by atoms with Gasteiger partial charge < -0.3 is 19.9 Å². The number of cyclic esters (lactones) is 2. The Kier molecular flexibility index (Phi) is 4.74. The van der Waals surface area contributed by atoms with Crippen LogP contribution in [0.25, 0.3) is 0 Å². The minimum absolute atomic E-state index is 0.112. The summed E-state index contributed by atoms with van der Waals surface area (Å²) < 4.78 is 10.5. The van der Waals surface area contributed by atoms with E-state index in [0.29, 0.717) is 18.5 Å². The Morgan fingerprint density at radius 1 is 1.21 bits per heavy atom. The van der Waals surface area contributed by atoms with E-state index in [1.165, 1.54) is 0 Å². The number of rotatable bonds is 4. The first-order valence-electron chi connectivity index (χ1n) is 12.2. The molecule has 5 aliphatic rings. The Labute approximate surface area is 198 Å². The van der Waals surface area contributed by atoms with Crippen molar-refractivity contribution in [2.24, 2.45) is 5.41 Å². The Morgan fingerprint density at radius 2 is 2.03 bits per heavy atom. The quantitative estimate of drug-likeness (QED) is 0.655. The lowest BCUT2D eigenvalue weighted by Gasteiger charge is -2.52. The Balaban J connectivity index is 1.35. The van der Waals surface area contributed by atoms with Gasteiger partial charge in [-0.25, -0.2) is 9.59 Å². The highest BCUT2D eigenvalue weighted by atomic mass is 16.5. The standard InChI is InChI=1S/C26H30N2O6/c1-14-8-25(24(32)27-14)9-17-5-6-26(13-25,16-7-22(30)33-11-16)28(17)10-21(29)18-3-4-19-20(15(18)2)12-34-23(19)31/h3-4,7,14,17,21,29H,5-6,8-13H2,1-2H3,(H,27,32)/t14?,17-,21-,25+,26+/m0/s1. The molecule has 0 aromatic heterocycles. The molecule has 2 N–H and O–H groups in total. The summed E-state index contributed by atoms with van der Waals surface area (Å²) in [5.74, 6) is -0.544. The van der Waals surface area contributed by atoms with Gasteiger partial charge in [0.05, 0.1) is 17.1 Å². The number of ether oxygens (including phenoxy) is 2. The number of esters is 2. The molecular formula is C26H30N2O6. The molecule has 180 valence electrons. The van der Waals surface area contributed by atoms with Crippen LogP contribution in [-0.2, 0) is 25.7 Å². The molecule has 5 atom stereocenters.